The van der Waals surface area contributed by atoms with E-state index in [1.54, 1.807) is 0 Å². The van der Waals surface area contributed by atoms with E-state index in [1.165, 1.54) is 70.6 Å². The van der Waals surface area contributed by atoms with Crippen molar-refractivity contribution in [1.82, 2.24) is 0 Å². The summed E-state index contributed by atoms with van der Waals surface area (Å²) in [4.78, 5) is 0. The number of aliphatic hydroxyl groups excluding tert-OH is 3. The fourth-order valence-electron chi connectivity index (χ4n) is 3.74. The van der Waals surface area contributed by atoms with Gasteiger partial charge in [-0.15, -0.1) is 0 Å². The van der Waals surface area contributed by atoms with Crippen LogP contribution in [0.2, 0.25) is 0 Å². The van der Waals surface area contributed by atoms with E-state index in [2.05, 4.69) is 19.1 Å². The van der Waals surface area contributed by atoms with Gasteiger partial charge in [0.05, 0.1) is 13.2 Å². The van der Waals surface area contributed by atoms with Crippen LogP contribution in [0.15, 0.2) is 12.2 Å². The molecule has 1 fully saturated rings. The Morgan fingerprint density at radius 1 is 0.857 bits per heavy atom. The first-order chi connectivity index (χ1) is 13.7. The molecule has 28 heavy (non-hydrogen) atoms. The van der Waals surface area contributed by atoms with Crippen LogP contribution in [-0.4, -0.2) is 59.6 Å². The lowest BCUT2D eigenvalue weighted by molar-refractivity contribution is -0.211. The highest BCUT2D eigenvalue weighted by Gasteiger charge is 2.39. The Kier molecular flexibility index (Phi) is 15.9. The molecule has 0 aromatic rings. The lowest BCUT2D eigenvalue weighted by Gasteiger charge is -2.37. The van der Waals surface area contributed by atoms with E-state index in [-0.39, 0.29) is 13.2 Å². The van der Waals surface area contributed by atoms with Crippen LogP contribution >= 0.6 is 0 Å². The molecule has 0 aromatic heterocycles. The Hall–Kier alpha value is -0.460. The van der Waals surface area contributed by atoms with Crippen molar-refractivity contribution in [1.29, 1.82) is 0 Å². The van der Waals surface area contributed by atoms with E-state index in [0.717, 1.165) is 12.8 Å². The normalized spacial score (nSPS) is 25.6. The zero-order valence-electron chi connectivity index (χ0n) is 17.9. The van der Waals surface area contributed by atoms with Gasteiger partial charge in [-0.05, 0) is 26.2 Å². The second kappa shape index (κ2) is 17.4. The van der Waals surface area contributed by atoms with Gasteiger partial charge in [0, 0.05) is 6.61 Å². The van der Waals surface area contributed by atoms with Crippen molar-refractivity contribution in [3.8, 4) is 0 Å². The molecule has 1 saturated heterocycles. The van der Waals surface area contributed by atoms with Gasteiger partial charge in [-0.25, -0.2) is 0 Å². The lowest BCUT2D eigenvalue weighted by Crippen LogP contribution is -2.55. The third-order valence-electron chi connectivity index (χ3n) is 5.57. The van der Waals surface area contributed by atoms with E-state index < -0.39 is 24.4 Å². The van der Waals surface area contributed by atoms with E-state index in [4.69, 9.17) is 9.47 Å². The summed E-state index contributed by atoms with van der Waals surface area (Å²) in [6.07, 6.45) is 17.9. The SMILES string of the molecule is C/C=C/CCCCCCCCCCCCCCO[C@H]1[C@H](O)[C@@H](O)CO[C@@H]1CO. The lowest BCUT2D eigenvalue weighted by atomic mass is 10.0. The topological polar surface area (TPSA) is 79.2 Å². The second-order valence-electron chi connectivity index (χ2n) is 8.05. The van der Waals surface area contributed by atoms with Gasteiger partial charge in [0.2, 0.25) is 0 Å². The molecule has 0 radical (unpaired) electrons. The van der Waals surface area contributed by atoms with Crippen molar-refractivity contribution in [2.75, 3.05) is 19.8 Å². The first-order valence-corrected chi connectivity index (χ1v) is 11.5. The van der Waals surface area contributed by atoms with Crippen molar-refractivity contribution in [2.24, 2.45) is 0 Å². The maximum Gasteiger partial charge on any atom is 0.114 e. The quantitative estimate of drug-likeness (QED) is 0.253. The third-order valence-corrected chi connectivity index (χ3v) is 5.57. The molecule has 5 nitrogen and oxygen atoms in total. The van der Waals surface area contributed by atoms with Crippen LogP contribution in [0.5, 0.6) is 0 Å². The van der Waals surface area contributed by atoms with Crippen LogP contribution in [0, 0.1) is 0 Å². The fraction of sp³-hybridized carbons (Fsp3) is 0.913. The third kappa shape index (κ3) is 11.5. The number of aliphatic hydroxyl groups is 3. The molecule has 0 saturated carbocycles. The highest BCUT2D eigenvalue weighted by molar-refractivity contribution is 4.87. The minimum Gasteiger partial charge on any atom is -0.394 e. The van der Waals surface area contributed by atoms with Crippen molar-refractivity contribution < 1.29 is 24.8 Å². The molecule has 1 rings (SSSR count). The maximum atomic E-state index is 10.00. The summed E-state index contributed by atoms with van der Waals surface area (Å²) in [6, 6.07) is 0. The summed E-state index contributed by atoms with van der Waals surface area (Å²) in [5.41, 5.74) is 0. The number of unbranched alkanes of at least 4 members (excludes halogenated alkanes) is 12. The number of hydrogen-bond acceptors (Lipinski definition) is 5. The molecule has 1 aliphatic rings. The van der Waals surface area contributed by atoms with Crippen LogP contribution in [0.4, 0.5) is 0 Å². The predicted molar refractivity (Wildman–Crippen MR) is 113 cm³/mol. The molecule has 1 aliphatic heterocycles. The van der Waals surface area contributed by atoms with Gasteiger partial charge in [-0.3, -0.25) is 0 Å². The summed E-state index contributed by atoms with van der Waals surface area (Å²) < 4.78 is 11.0. The second-order valence-corrected chi connectivity index (χ2v) is 8.05. The Labute approximate surface area is 172 Å². The molecule has 3 N–H and O–H groups in total. The first-order valence-electron chi connectivity index (χ1n) is 11.5. The van der Waals surface area contributed by atoms with Crippen molar-refractivity contribution >= 4 is 0 Å². The summed E-state index contributed by atoms with van der Waals surface area (Å²) in [7, 11) is 0. The Morgan fingerprint density at radius 3 is 1.93 bits per heavy atom. The molecule has 0 unspecified atom stereocenters. The molecule has 0 bridgehead atoms. The van der Waals surface area contributed by atoms with Gasteiger partial charge in [0.15, 0.2) is 0 Å². The van der Waals surface area contributed by atoms with E-state index >= 15 is 0 Å². The highest BCUT2D eigenvalue weighted by atomic mass is 16.6. The zero-order valence-corrected chi connectivity index (χ0v) is 17.9. The van der Waals surface area contributed by atoms with Gasteiger partial charge < -0.3 is 24.8 Å². The Balaban J connectivity index is 1.86. The number of rotatable bonds is 17. The summed E-state index contributed by atoms with van der Waals surface area (Å²) >= 11 is 0. The van der Waals surface area contributed by atoms with Gasteiger partial charge in [0.1, 0.15) is 24.4 Å². The zero-order chi connectivity index (χ0) is 20.5. The van der Waals surface area contributed by atoms with E-state index in [1.807, 2.05) is 0 Å². The fourth-order valence-corrected chi connectivity index (χ4v) is 3.74. The van der Waals surface area contributed by atoms with Crippen LogP contribution in [0.25, 0.3) is 0 Å². The first kappa shape index (κ1) is 25.6. The molecule has 1 heterocycles. The molecular weight excluding hydrogens is 356 g/mol. The van der Waals surface area contributed by atoms with Crippen LogP contribution in [-0.2, 0) is 9.47 Å². The summed E-state index contributed by atoms with van der Waals surface area (Å²) in [6.45, 7) is 2.46. The van der Waals surface area contributed by atoms with Crippen molar-refractivity contribution in [3.05, 3.63) is 12.2 Å². The van der Waals surface area contributed by atoms with Crippen LogP contribution in [0.1, 0.15) is 90.4 Å². The molecule has 0 aromatic carbocycles. The highest BCUT2D eigenvalue weighted by Crippen LogP contribution is 2.19. The standard InChI is InChI=1S/C23H44O5/c1-2-3-4-5-6-7-8-9-10-11-12-13-14-15-16-17-27-23-21(18-24)28-19-20(25)22(23)26/h2-3,20-26H,4-19H2,1H3/b3-2+/t20-,21+,22+,23+/m0/s1. The monoisotopic (exact) mass is 400 g/mol. The average Bonchev–Trinajstić information content (AvgIpc) is 2.70. The number of hydrogen-bond donors (Lipinski definition) is 3. The average molecular weight is 401 g/mol. The molecule has 5 heteroatoms. The van der Waals surface area contributed by atoms with Crippen molar-refractivity contribution in [3.63, 3.8) is 0 Å². The molecule has 0 amide bonds. The Bertz CT molecular complexity index is 372. The minimum atomic E-state index is -0.987. The molecular formula is C23H44O5. The maximum absolute atomic E-state index is 10.00. The number of ether oxygens (including phenoxy) is 2. The molecule has 0 spiro atoms. The smallest absolute Gasteiger partial charge is 0.114 e. The summed E-state index contributed by atoms with van der Waals surface area (Å²) in [5.74, 6) is 0. The largest absolute Gasteiger partial charge is 0.394 e. The van der Waals surface area contributed by atoms with Gasteiger partial charge >= 0.3 is 0 Å². The Morgan fingerprint density at radius 2 is 1.39 bits per heavy atom. The molecule has 0 aliphatic carbocycles. The minimum absolute atomic E-state index is 0.0445. The van der Waals surface area contributed by atoms with E-state index in [9.17, 15) is 15.3 Å². The predicted octanol–water partition coefficient (Wildman–Crippen LogP) is 4.13. The molecule has 4 atom stereocenters. The van der Waals surface area contributed by atoms with Crippen LogP contribution in [0.3, 0.4) is 0 Å². The number of allylic oxidation sites excluding steroid dienone is 2. The van der Waals surface area contributed by atoms with Gasteiger partial charge in [-0.2, -0.15) is 0 Å². The van der Waals surface area contributed by atoms with E-state index in [0.29, 0.717) is 6.61 Å². The summed E-state index contributed by atoms with van der Waals surface area (Å²) in [5, 5.41) is 29.0. The molecule has 166 valence electrons. The van der Waals surface area contributed by atoms with Crippen LogP contribution < -0.4 is 0 Å². The van der Waals surface area contributed by atoms with Gasteiger partial charge in [0.25, 0.3) is 0 Å². The van der Waals surface area contributed by atoms with Gasteiger partial charge in [-0.1, -0.05) is 76.4 Å². The van der Waals surface area contributed by atoms with Crippen molar-refractivity contribution in [2.45, 2.75) is 115 Å².